The first kappa shape index (κ1) is 15.4. The molecule has 1 aliphatic rings. The van der Waals surface area contributed by atoms with Crippen LogP contribution in [0.15, 0.2) is 0 Å². The second kappa shape index (κ2) is 7.10. The Bertz CT molecular complexity index is 267. The van der Waals surface area contributed by atoms with Crippen LogP contribution in [0.3, 0.4) is 0 Å². The number of hydrogen-bond acceptors (Lipinski definition) is 3. The van der Waals surface area contributed by atoms with E-state index in [1.165, 1.54) is 19.3 Å². The van der Waals surface area contributed by atoms with Crippen LogP contribution < -0.4 is 5.32 Å². The van der Waals surface area contributed by atoms with E-state index < -0.39 is 11.5 Å². The highest BCUT2D eigenvalue weighted by Crippen LogP contribution is 2.24. The molecule has 0 aromatic carbocycles. The summed E-state index contributed by atoms with van der Waals surface area (Å²) >= 11 is 0. The predicted molar refractivity (Wildman–Crippen MR) is 73.8 cm³/mol. The molecule has 1 aliphatic carbocycles. The molecule has 1 rings (SSSR count). The van der Waals surface area contributed by atoms with Crippen LogP contribution in [-0.2, 0) is 4.79 Å². The molecule has 4 nitrogen and oxygen atoms in total. The van der Waals surface area contributed by atoms with E-state index in [1.807, 2.05) is 6.92 Å². The molecular weight excluding hydrogens is 228 g/mol. The van der Waals surface area contributed by atoms with Crippen molar-refractivity contribution in [2.75, 3.05) is 20.1 Å². The monoisotopic (exact) mass is 256 g/mol. The van der Waals surface area contributed by atoms with E-state index in [9.17, 15) is 9.90 Å². The first-order chi connectivity index (χ1) is 8.48. The van der Waals surface area contributed by atoms with E-state index >= 15 is 0 Å². The first-order valence-corrected chi connectivity index (χ1v) is 7.17. The smallest absolute Gasteiger partial charge is 0.323 e. The molecule has 0 bridgehead atoms. The van der Waals surface area contributed by atoms with Gasteiger partial charge in [0.2, 0.25) is 0 Å². The number of nitrogens with one attached hydrogen (secondary N) is 1. The van der Waals surface area contributed by atoms with Gasteiger partial charge in [-0.2, -0.15) is 0 Å². The molecule has 4 heteroatoms. The van der Waals surface area contributed by atoms with Gasteiger partial charge in [-0.25, -0.2) is 0 Å². The lowest BCUT2D eigenvalue weighted by Gasteiger charge is -2.28. The van der Waals surface area contributed by atoms with E-state index in [1.54, 1.807) is 0 Å². The van der Waals surface area contributed by atoms with Gasteiger partial charge in [-0.05, 0) is 46.2 Å². The van der Waals surface area contributed by atoms with Crippen molar-refractivity contribution in [3.8, 4) is 0 Å². The summed E-state index contributed by atoms with van der Waals surface area (Å²) in [6, 6.07) is 0.427. The fourth-order valence-corrected chi connectivity index (χ4v) is 2.08. The molecule has 1 unspecified atom stereocenters. The van der Waals surface area contributed by atoms with E-state index in [0.29, 0.717) is 12.5 Å². The number of carbonyl (C=O) groups is 1. The van der Waals surface area contributed by atoms with Gasteiger partial charge in [0.05, 0.1) is 0 Å². The first-order valence-electron chi connectivity index (χ1n) is 7.17. The fraction of sp³-hybridized carbons (Fsp3) is 0.929. The number of unbranched alkanes of at least 4 members (excludes halogenated alkanes) is 2. The standard InChI is InChI=1S/C14H28N2O2/c1-4-5-6-10-16(3)11-9-14(2,13(17)18)15-12-7-8-12/h12,15H,4-11H2,1-3H3,(H,17,18). The molecule has 0 aliphatic heterocycles. The van der Waals surface area contributed by atoms with Gasteiger partial charge >= 0.3 is 5.97 Å². The van der Waals surface area contributed by atoms with Crippen LogP contribution >= 0.6 is 0 Å². The normalized spacial score (nSPS) is 18.9. The van der Waals surface area contributed by atoms with Crippen molar-refractivity contribution >= 4 is 5.97 Å². The molecule has 0 heterocycles. The van der Waals surface area contributed by atoms with Gasteiger partial charge in [0.25, 0.3) is 0 Å². The molecule has 0 amide bonds. The Kier molecular flexibility index (Phi) is 6.09. The summed E-state index contributed by atoms with van der Waals surface area (Å²) in [6.45, 7) is 5.91. The quantitative estimate of drug-likeness (QED) is 0.588. The zero-order valence-corrected chi connectivity index (χ0v) is 12.0. The molecular formula is C14H28N2O2. The lowest BCUT2D eigenvalue weighted by Crippen LogP contribution is -2.52. The lowest BCUT2D eigenvalue weighted by molar-refractivity contribution is -0.144. The Morgan fingerprint density at radius 1 is 1.39 bits per heavy atom. The number of hydrogen-bond donors (Lipinski definition) is 2. The van der Waals surface area contributed by atoms with Gasteiger partial charge in [0.15, 0.2) is 0 Å². The van der Waals surface area contributed by atoms with Gasteiger partial charge < -0.3 is 10.0 Å². The van der Waals surface area contributed by atoms with Crippen LogP contribution in [0.1, 0.15) is 52.4 Å². The molecule has 0 radical (unpaired) electrons. The van der Waals surface area contributed by atoms with Crippen LogP contribution in [0.25, 0.3) is 0 Å². The topological polar surface area (TPSA) is 52.6 Å². The van der Waals surface area contributed by atoms with Crippen LogP contribution in [0, 0.1) is 0 Å². The van der Waals surface area contributed by atoms with Crippen LogP contribution in [0.4, 0.5) is 0 Å². The molecule has 1 fully saturated rings. The maximum Gasteiger partial charge on any atom is 0.323 e. The molecule has 0 spiro atoms. The predicted octanol–water partition coefficient (Wildman–Crippen LogP) is 2.09. The highest BCUT2D eigenvalue weighted by Gasteiger charge is 2.38. The van der Waals surface area contributed by atoms with Crippen molar-refractivity contribution < 1.29 is 9.90 Å². The maximum atomic E-state index is 11.4. The summed E-state index contributed by atoms with van der Waals surface area (Å²) in [7, 11) is 2.08. The van der Waals surface area contributed by atoms with Gasteiger partial charge in [-0.15, -0.1) is 0 Å². The number of nitrogens with zero attached hydrogens (tertiary/aromatic N) is 1. The van der Waals surface area contributed by atoms with E-state index in [4.69, 9.17) is 0 Å². The molecule has 1 atom stereocenters. The van der Waals surface area contributed by atoms with Crippen molar-refractivity contribution in [3.63, 3.8) is 0 Å². The number of carboxylic acid groups (broad SMARTS) is 1. The van der Waals surface area contributed by atoms with Crippen molar-refractivity contribution in [2.24, 2.45) is 0 Å². The molecule has 1 saturated carbocycles. The summed E-state index contributed by atoms with van der Waals surface area (Å²) in [5.74, 6) is -0.726. The zero-order valence-electron chi connectivity index (χ0n) is 12.0. The number of rotatable bonds is 10. The SMILES string of the molecule is CCCCCN(C)CCC(C)(NC1CC1)C(=O)O. The zero-order chi connectivity index (χ0) is 13.6. The Labute approximate surface area is 111 Å². The van der Waals surface area contributed by atoms with Crippen LogP contribution in [0.2, 0.25) is 0 Å². The average molecular weight is 256 g/mol. The van der Waals surface area contributed by atoms with Crippen LogP contribution in [-0.4, -0.2) is 47.7 Å². The third-order valence-electron chi connectivity index (χ3n) is 3.71. The van der Waals surface area contributed by atoms with E-state index in [-0.39, 0.29) is 0 Å². The third kappa shape index (κ3) is 5.36. The third-order valence-corrected chi connectivity index (χ3v) is 3.71. The van der Waals surface area contributed by atoms with Crippen molar-refractivity contribution in [3.05, 3.63) is 0 Å². The van der Waals surface area contributed by atoms with Gasteiger partial charge in [0, 0.05) is 12.6 Å². The minimum atomic E-state index is -0.764. The highest BCUT2D eigenvalue weighted by molar-refractivity contribution is 5.78. The minimum Gasteiger partial charge on any atom is -0.480 e. The van der Waals surface area contributed by atoms with Gasteiger partial charge in [0.1, 0.15) is 5.54 Å². The van der Waals surface area contributed by atoms with Gasteiger partial charge in [-0.3, -0.25) is 10.1 Å². The number of carboxylic acids is 1. The summed E-state index contributed by atoms with van der Waals surface area (Å²) < 4.78 is 0. The summed E-state index contributed by atoms with van der Waals surface area (Å²) in [5, 5.41) is 12.6. The minimum absolute atomic E-state index is 0.427. The van der Waals surface area contributed by atoms with Crippen LogP contribution in [0.5, 0.6) is 0 Å². The maximum absolute atomic E-state index is 11.4. The summed E-state index contributed by atoms with van der Waals surface area (Å²) in [5.41, 5.74) is -0.764. The average Bonchev–Trinajstić information content (AvgIpc) is 3.10. The molecule has 0 aromatic rings. The van der Waals surface area contributed by atoms with Crippen molar-refractivity contribution in [1.29, 1.82) is 0 Å². The Morgan fingerprint density at radius 2 is 2.06 bits per heavy atom. The molecule has 0 aromatic heterocycles. The fourth-order valence-electron chi connectivity index (χ4n) is 2.08. The summed E-state index contributed by atoms with van der Waals surface area (Å²) in [4.78, 5) is 13.6. The van der Waals surface area contributed by atoms with Crippen molar-refractivity contribution in [2.45, 2.75) is 64.0 Å². The number of aliphatic carboxylic acids is 1. The highest BCUT2D eigenvalue weighted by atomic mass is 16.4. The van der Waals surface area contributed by atoms with E-state index in [2.05, 4.69) is 24.2 Å². The van der Waals surface area contributed by atoms with Crippen molar-refractivity contribution in [1.82, 2.24) is 10.2 Å². The molecule has 106 valence electrons. The largest absolute Gasteiger partial charge is 0.480 e. The second-order valence-electron chi connectivity index (χ2n) is 5.82. The second-order valence-corrected chi connectivity index (χ2v) is 5.82. The van der Waals surface area contributed by atoms with Gasteiger partial charge in [-0.1, -0.05) is 19.8 Å². The molecule has 2 N–H and O–H groups in total. The Morgan fingerprint density at radius 3 is 2.56 bits per heavy atom. The summed E-state index contributed by atoms with van der Waals surface area (Å²) in [6.07, 6.45) is 6.59. The van der Waals surface area contributed by atoms with E-state index in [0.717, 1.165) is 25.9 Å². The Balaban J connectivity index is 2.29. The molecule has 18 heavy (non-hydrogen) atoms. The molecule has 0 saturated heterocycles. The lowest BCUT2D eigenvalue weighted by atomic mass is 9.97. The Hall–Kier alpha value is -0.610.